The monoisotopic (exact) mass is 284 g/mol. The Bertz CT molecular complexity index is 572. The third kappa shape index (κ3) is 2.52. The van der Waals surface area contributed by atoms with Crippen LogP contribution in [0, 0.1) is 19.7 Å². The maximum atomic E-state index is 13.5. The molecule has 0 fully saturated rings. The number of hydrogen-bond acceptors (Lipinski definition) is 3. The third-order valence-electron chi connectivity index (χ3n) is 2.44. The lowest BCUT2D eigenvalue weighted by molar-refractivity contribution is 0.102. The molecule has 2 aromatic rings. The molecule has 0 saturated heterocycles. The van der Waals surface area contributed by atoms with Crippen molar-refractivity contribution in [1.82, 2.24) is 4.98 Å². The van der Waals surface area contributed by atoms with Gasteiger partial charge in [0, 0.05) is 4.88 Å². The molecular weight excluding hydrogens is 275 g/mol. The summed E-state index contributed by atoms with van der Waals surface area (Å²) in [7, 11) is 0. The number of carbonyl (C=O) groups is 1. The van der Waals surface area contributed by atoms with Gasteiger partial charge in [0.05, 0.1) is 16.3 Å². The molecular formula is C12H10ClFN2OS. The van der Waals surface area contributed by atoms with Crippen LogP contribution in [0.5, 0.6) is 0 Å². The van der Waals surface area contributed by atoms with Gasteiger partial charge < -0.3 is 0 Å². The third-order valence-corrected chi connectivity index (χ3v) is 3.74. The van der Waals surface area contributed by atoms with E-state index in [2.05, 4.69) is 10.3 Å². The van der Waals surface area contributed by atoms with Gasteiger partial charge in [-0.3, -0.25) is 10.1 Å². The van der Waals surface area contributed by atoms with Crippen molar-refractivity contribution in [3.05, 3.63) is 45.2 Å². The molecule has 1 aromatic heterocycles. The first-order chi connectivity index (χ1) is 8.49. The van der Waals surface area contributed by atoms with Gasteiger partial charge in [0.2, 0.25) is 0 Å². The molecule has 94 valence electrons. The van der Waals surface area contributed by atoms with Crippen LogP contribution in [0.15, 0.2) is 18.2 Å². The van der Waals surface area contributed by atoms with Crippen LogP contribution in [0.4, 0.5) is 9.52 Å². The molecule has 1 aromatic carbocycles. The smallest absolute Gasteiger partial charge is 0.261 e. The molecule has 0 aliphatic carbocycles. The van der Waals surface area contributed by atoms with E-state index in [1.54, 1.807) is 0 Å². The van der Waals surface area contributed by atoms with E-state index in [0.717, 1.165) is 10.6 Å². The minimum atomic E-state index is -0.648. The van der Waals surface area contributed by atoms with Gasteiger partial charge >= 0.3 is 0 Å². The van der Waals surface area contributed by atoms with E-state index in [9.17, 15) is 9.18 Å². The van der Waals surface area contributed by atoms with Crippen LogP contribution >= 0.6 is 22.9 Å². The first kappa shape index (κ1) is 13.0. The van der Waals surface area contributed by atoms with Gasteiger partial charge in [-0.05, 0) is 26.0 Å². The van der Waals surface area contributed by atoms with Crippen molar-refractivity contribution in [3.8, 4) is 0 Å². The Labute approximate surface area is 113 Å². The van der Waals surface area contributed by atoms with Crippen LogP contribution in [0.3, 0.4) is 0 Å². The fraction of sp³-hybridized carbons (Fsp3) is 0.167. The standard InChI is InChI=1S/C12H10ClFN2OS/c1-6-7(2)18-12(15-6)16-11(17)10-8(13)4-3-5-9(10)14/h3-5H,1-2H3,(H,15,16,17). The van der Waals surface area contributed by atoms with Gasteiger partial charge in [0.15, 0.2) is 5.13 Å². The molecule has 0 bridgehead atoms. The van der Waals surface area contributed by atoms with Gasteiger partial charge in [0.1, 0.15) is 5.82 Å². The lowest BCUT2D eigenvalue weighted by atomic mass is 10.2. The summed E-state index contributed by atoms with van der Waals surface area (Å²) < 4.78 is 13.5. The summed E-state index contributed by atoms with van der Waals surface area (Å²) in [6.45, 7) is 3.75. The Morgan fingerprint density at radius 1 is 1.44 bits per heavy atom. The number of hydrogen-bond donors (Lipinski definition) is 1. The number of rotatable bonds is 2. The molecule has 2 rings (SSSR count). The molecule has 1 N–H and O–H groups in total. The first-order valence-electron chi connectivity index (χ1n) is 5.18. The van der Waals surface area contributed by atoms with E-state index < -0.39 is 11.7 Å². The van der Waals surface area contributed by atoms with Crippen LogP contribution in [0.2, 0.25) is 5.02 Å². The highest BCUT2D eigenvalue weighted by Crippen LogP contribution is 2.24. The van der Waals surface area contributed by atoms with Crippen molar-refractivity contribution in [2.75, 3.05) is 5.32 Å². The number of nitrogens with zero attached hydrogens (tertiary/aromatic N) is 1. The number of halogens is 2. The van der Waals surface area contributed by atoms with Gasteiger partial charge in [-0.2, -0.15) is 0 Å². The molecule has 0 aliphatic heterocycles. The number of carbonyl (C=O) groups excluding carboxylic acids is 1. The van der Waals surface area contributed by atoms with E-state index in [1.165, 1.54) is 29.5 Å². The second-order valence-electron chi connectivity index (χ2n) is 3.71. The van der Waals surface area contributed by atoms with E-state index >= 15 is 0 Å². The summed E-state index contributed by atoms with van der Waals surface area (Å²) in [6.07, 6.45) is 0. The van der Waals surface area contributed by atoms with Gasteiger partial charge in [-0.1, -0.05) is 17.7 Å². The summed E-state index contributed by atoms with van der Waals surface area (Å²) in [6, 6.07) is 4.11. The molecule has 0 aliphatic rings. The zero-order chi connectivity index (χ0) is 13.3. The summed E-state index contributed by atoms with van der Waals surface area (Å²) in [5.74, 6) is -1.24. The quantitative estimate of drug-likeness (QED) is 0.911. The number of thiazole rings is 1. The molecule has 1 amide bonds. The molecule has 1 heterocycles. The molecule has 0 saturated carbocycles. The maximum absolute atomic E-state index is 13.5. The highest BCUT2D eigenvalue weighted by molar-refractivity contribution is 7.15. The molecule has 6 heteroatoms. The van der Waals surface area contributed by atoms with Crippen molar-refractivity contribution >= 4 is 34.0 Å². The van der Waals surface area contributed by atoms with Gasteiger partial charge in [-0.15, -0.1) is 11.3 Å². The Kier molecular flexibility index (Phi) is 3.63. The fourth-order valence-corrected chi connectivity index (χ4v) is 2.46. The highest BCUT2D eigenvalue weighted by Gasteiger charge is 2.17. The molecule has 0 unspecified atom stereocenters. The summed E-state index contributed by atoms with van der Waals surface area (Å²) >= 11 is 7.15. The van der Waals surface area contributed by atoms with Crippen molar-refractivity contribution in [1.29, 1.82) is 0 Å². The van der Waals surface area contributed by atoms with Gasteiger partial charge in [-0.25, -0.2) is 9.37 Å². The topological polar surface area (TPSA) is 42.0 Å². The lowest BCUT2D eigenvalue weighted by Gasteiger charge is -2.04. The van der Waals surface area contributed by atoms with Gasteiger partial charge in [0.25, 0.3) is 5.91 Å². The summed E-state index contributed by atoms with van der Waals surface area (Å²) in [5, 5.41) is 3.07. The van der Waals surface area contributed by atoms with Crippen LogP contribution in [0.25, 0.3) is 0 Å². The zero-order valence-corrected chi connectivity index (χ0v) is 11.3. The van der Waals surface area contributed by atoms with E-state index in [4.69, 9.17) is 11.6 Å². The Hall–Kier alpha value is -1.46. The summed E-state index contributed by atoms with van der Waals surface area (Å²) in [5.41, 5.74) is 0.680. The number of aromatic nitrogens is 1. The van der Waals surface area contributed by atoms with E-state index in [1.807, 2.05) is 13.8 Å². The highest BCUT2D eigenvalue weighted by atomic mass is 35.5. The Balaban J connectivity index is 2.27. The van der Waals surface area contributed by atoms with Crippen molar-refractivity contribution < 1.29 is 9.18 Å². The minimum absolute atomic E-state index is 0.0810. The number of nitrogens with one attached hydrogen (secondary N) is 1. The van der Waals surface area contributed by atoms with Crippen LogP contribution < -0.4 is 5.32 Å². The normalized spacial score (nSPS) is 10.4. The molecule has 18 heavy (non-hydrogen) atoms. The number of benzene rings is 1. The molecule has 0 spiro atoms. The number of anilines is 1. The lowest BCUT2D eigenvalue weighted by Crippen LogP contribution is -2.14. The second kappa shape index (κ2) is 5.04. The largest absolute Gasteiger partial charge is 0.298 e. The second-order valence-corrected chi connectivity index (χ2v) is 5.32. The maximum Gasteiger partial charge on any atom is 0.261 e. The van der Waals surface area contributed by atoms with Crippen molar-refractivity contribution in [2.24, 2.45) is 0 Å². The van der Waals surface area contributed by atoms with Crippen LogP contribution in [-0.2, 0) is 0 Å². The van der Waals surface area contributed by atoms with Crippen molar-refractivity contribution in [2.45, 2.75) is 13.8 Å². The number of amides is 1. The van der Waals surface area contributed by atoms with E-state index in [0.29, 0.717) is 5.13 Å². The van der Waals surface area contributed by atoms with Crippen LogP contribution in [0.1, 0.15) is 20.9 Å². The minimum Gasteiger partial charge on any atom is -0.298 e. The fourth-order valence-electron chi connectivity index (χ4n) is 1.40. The molecule has 0 atom stereocenters. The molecule has 0 radical (unpaired) electrons. The Morgan fingerprint density at radius 3 is 2.72 bits per heavy atom. The average Bonchev–Trinajstić information content (AvgIpc) is 2.57. The van der Waals surface area contributed by atoms with Crippen molar-refractivity contribution in [3.63, 3.8) is 0 Å². The first-order valence-corrected chi connectivity index (χ1v) is 6.38. The average molecular weight is 285 g/mol. The predicted octanol–water partition coefficient (Wildman–Crippen LogP) is 3.80. The van der Waals surface area contributed by atoms with Crippen LogP contribution in [-0.4, -0.2) is 10.9 Å². The predicted molar refractivity (Wildman–Crippen MR) is 71.0 cm³/mol. The molecule has 3 nitrogen and oxygen atoms in total. The zero-order valence-electron chi connectivity index (χ0n) is 9.75. The number of aryl methyl sites for hydroxylation is 2. The SMILES string of the molecule is Cc1nc(NC(=O)c2c(F)cccc2Cl)sc1C. The summed E-state index contributed by atoms with van der Waals surface area (Å²) in [4.78, 5) is 17.1. The Morgan fingerprint density at radius 2 is 2.17 bits per heavy atom. The van der Waals surface area contributed by atoms with E-state index in [-0.39, 0.29) is 10.6 Å².